The predicted molar refractivity (Wildman–Crippen MR) is 150 cm³/mol. The number of hydrogen-bond donors (Lipinski definition) is 0. The summed E-state index contributed by atoms with van der Waals surface area (Å²) in [5, 5.41) is 0. The number of hydrogen-bond acceptors (Lipinski definition) is 8. The topological polar surface area (TPSA) is 88.4 Å². The summed E-state index contributed by atoms with van der Waals surface area (Å²) in [6.07, 6.45) is 3.41. The van der Waals surface area contributed by atoms with Gasteiger partial charge in [-0.05, 0) is 71.2 Å². The highest BCUT2D eigenvalue weighted by Gasteiger charge is 2.33. The van der Waals surface area contributed by atoms with Gasteiger partial charge in [0.05, 0.1) is 47.1 Å². The van der Waals surface area contributed by atoms with Crippen LogP contribution >= 0.6 is 27.3 Å². The van der Waals surface area contributed by atoms with Gasteiger partial charge >= 0.3 is 5.97 Å². The summed E-state index contributed by atoms with van der Waals surface area (Å²) in [6, 6.07) is 10.2. The Balaban J connectivity index is 1.89. The summed E-state index contributed by atoms with van der Waals surface area (Å²) >= 11 is 4.78. The molecule has 2 aromatic carbocycles. The maximum atomic E-state index is 13.8. The van der Waals surface area contributed by atoms with Crippen LogP contribution in [0.25, 0.3) is 6.08 Å². The van der Waals surface area contributed by atoms with Crippen LogP contribution in [0.15, 0.2) is 74.6 Å². The van der Waals surface area contributed by atoms with E-state index < -0.39 is 12.0 Å². The van der Waals surface area contributed by atoms with Gasteiger partial charge < -0.3 is 18.9 Å². The highest BCUT2D eigenvalue weighted by atomic mass is 79.9. The van der Waals surface area contributed by atoms with Crippen molar-refractivity contribution < 1.29 is 23.7 Å². The number of methoxy groups -OCH3 is 2. The molecule has 0 saturated carbocycles. The van der Waals surface area contributed by atoms with Crippen molar-refractivity contribution in [2.24, 2.45) is 4.99 Å². The fourth-order valence-corrected chi connectivity index (χ4v) is 5.77. The molecule has 1 aromatic heterocycles. The van der Waals surface area contributed by atoms with E-state index in [1.165, 1.54) is 11.3 Å². The molecule has 0 aliphatic carbocycles. The summed E-state index contributed by atoms with van der Waals surface area (Å²) in [5.41, 5.74) is 2.02. The third kappa shape index (κ3) is 5.32. The number of aromatic nitrogens is 1. The van der Waals surface area contributed by atoms with Crippen molar-refractivity contribution in [1.82, 2.24) is 4.57 Å². The lowest BCUT2D eigenvalue weighted by Gasteiger charge is -2.24. The number of nitrogens with zero attached hydrogens (tertiary/aromatic N) is 2. The van der Waals surface area contributed by atoms with E-state index >= 15 is 0 Å². The number of benzene rings is 2. The zero-order valence-electron chi connectivity index (χ0n) is 21.4. The number of fused-ring (bicyclic) bond motifs is 1. The third-order valence-corrected chi connectivity index (χ3v) is 7.42. The van der Waals surface area contributed by atoms with E-state index in [4.69, 9.17) is 18.9 Å². The van der Waals surface area contributed by atoms with Gasteiger partial charge in [-0.1, -0.05) is 36.1 Å². The Kier molecular flexibility index (Phi) is 8.53. The molecule has 10 heteroatoms. The second-order valence-corrected chi connectivity index (χ2v) is 10.1. The fourth-order valence-electron chi connectivity index (χ4n) is 4.15. The van der Waals surface area contributed by atoms with Crippen LogP contribution in [0.4, 0.5) is 0 Å². The molecule has 1 aliphatic rings. The Morgan fingerprint density at radius 1 is 1.21 bits per heavy atom. The van der Waals surface area contributed by atoms with E-state index in [-0.39, 0.29) is 12.2 Å². The highest BCUT2D eigenvalue weighted by Crippen LogP contribution is 2.37. The van der Waals surface area contributed by atoms with Gasteiger partial charge in [0, 0.05) is 0 Å². The molecule has 0 saturated heterocycles. The van der Waals surface area contributed by atoms with Crippen LogP contribution < -0.4 is 29.1 Å². The molecule has 0 spiro atoms. The predicted octanol–water partition coefficient (Wildman–Crippen LogP) is 4.14. The first-order chi connectivity index (χ1) is 18.3. The van der Waals surface area contributed by atoms with E-state index in [0.717, 1.165) is 11.1 Å². The third-order valence-electron chi connectivity index (χ3n) is 5.84. The number of halogens is 1. The SMILES string of the molecule is C=CCOc1c(Br)cc(/C=c2\sc3n(c2=O)[C@@H](c2ccc(OC)cc2)C(C(=O)OCC)=C(C)N=3)cc1OC. The van der Waals surface area contributed by atoms with Crippen molar-refractivity contribution in [2.45, 2.75) is 19.9 Å². The van der Waals surface area contributed by atoms with Crippen molar-refractivity contribution in [3.8, 4) is 17.2 Å². The monoisotopic (exact) mass is 598 g/mol. The lowest BCUT2D eigenvalue weighted by molar-refractivity contribution is -0.139. The van der Waals surface area contributed by atoms with E-state index in [2.05, 4.69) is 27.5 Å². The standard InChI is InChI=1S/C28H27BrN2O6S/c1-6-12-37-25-20(29)13-17(14-21(25)35-5)15-22-26(32)31-24(18-8-10-19(34-4)11-9-18)23(27(33)36-7-2)16(3)30-28(31)38-22/h6,8-11,13-15,24H,1,7,12H2,2-5H3/b22-15-/t24-/m0/s1. The first-order valence-electron chi connectivity index (χ1n) is 11.8. The molecule has 2 heterocycles. The number of esters is 1. The minimum atomic E-state index is -0.700. The van der Waals surface area contributed by atoms with Crippen molar-refractivity contribution in [3.63, 3.8) is 0 Å². The number of rotatable bonds is 9. The van der Waals surface area contributed by atoms with Gasteiger partial charge in [0.2, 0.25) is 0 Å². The van der Waals surface area contributed by atoms with Crippen LogP contribution in [0.1, 0.15) is 31.0 Å². The van der Waals surface area contributed by atoms with E-state index in [9.17, 15) is 9.59 Å². The Morgan fingerprint density at radius 2 is 1.95 bits per heavy atom. The summed E-state index contributed by atoms with van der Waals surface area (Å²) < 4.78 is 24.5. The average molecular weight is 600 g/mol. The first-order valence-corrected chi connectivity index (χ1v) is 13.4. The normalized spacial score (nSPS) is 15.0. The Labute approximate surface area is 232 Å². The van der Waals surface area contributed by atoms with Crippen LogP contribution in [0.3, 0.4) is 0 Å². The van der Waals surface area contributed by atoms with E-state index in [1.807, 2.05) is 18.2 Å². The fraction of sp³-hybridized carbons (Fsp3) is 0.250. The maximum absolute atomic E-state index is 13.8. The van der Waals surface area contributed by atoms with Gasteiger partial charge in [0.15, 0.2) is 16.3 Å². The lowest BCUT2D eigenvalue weighted by Crippen LogP contribution is -2.39. The molecule has 0 bridgehead atoms. The van der Waals surface area contributed by atoms with Crippen LogP contribution in [0, 0.1) is 0 Å². The summed E-state index contributed by atoms with van der Waals surface area (Å²) in [7, 11) is 3.13. The molecule has 1 aliphatic heterocycles. The van der Waals surface area contributed by atoms with Gasteiger partial charge in [-0.25, -0.2) is 9.79 Å². The van der Waals surface area contributed by atoms with Crippen molar-refractivity contribution in [3.05, 3.63) is 95.6 Å². The second-order valence-electron chi connectivity index (χ2n) is 8.21. The van der Waals surface area contributed by atoms with Gasteiger partial charge in [-0.2, -0.15) is 0 Å². The number of carbonyl (C=O) groups is 1. The molecule has 0 unspecified atom stereocenters. The number of ether oxygens (including phenoxy) is 4. The van der Waals surface area contributed by atoms with Crippen molar-refractivity contribution in [1.29, 1.82) is 0 Å². The second kappa shape index (κ2) is 11.8. The number of thiazole rings is 1. The van der Waals surface area contributed by atoms with Gasteiger partial charge in [-0.15, -0.1) is 0 Å². The van der Waals surface area contributed by atoms with Crippen LogP contribution in [-0.2, 0) is 9.53 Å². The molecule has 0 fully saturated rings. The molecule has 8 nitrogen and oxygen atoms in total. The molecule has 0 amide bonds. The number of allylic oxidation sites excluding steroid dienone is 1. The summed E-state index contributed by atoms with van der Waals surface area (Å²) in [5.74, 6) is 1.21. The number of carbonyl (C=O) groups excluding carboxylic acids is 1. The zero-order valence-corrected chi connectivity index (χ0v) is 23.9. The van der Waals surface area contributed by atoms with E-state index in [0.29, 0.717) is 48.9 Å². The van der Waals surface area contributed by atoms with Gasteiger partial charge in [0.25, 0.3) is 5.56 Å². The molecule has 38 heavy (non-hydrogen) atoms. The van der Waals surface area contributed by atoms with Crippen LogP contribution in [0.2, 0.25) is 0 Å². The Hall–Kier alpha value is -3.63. The summed E-state index contributed by atoms with van der Waals surface area (Å²) in [4.78, 5) is 31.9. The quantitative estimate of drug-likeness (QED) is 0.272. The average Bonchev–Trinajstić information content (AvgIpc) is 3.21. The molecule has 3 aromatic rings. The molecule has 4 rings (SSSR count). The van der Waals surface area contributed by atoms with Gasteiger partial charge in [0.1, 0.15) is 12.4 Å². The minimum Gasteiger partial charge on any atom is -0.497 e. The smallest absolute Gasteiger partial charge is 0.338 e. The molecule has 0 radical (unpaired) electrons. The molecule has 0 N–H and O–H groups in total. The molecule has 198 valence electrons. The molecular weight excluding hydrogens is 572 g/mol. The maximum Gasteiger partial charge on any atom is 0.338 e. The lowest BCUT2D eigenvalue weighted by atomic mass is 9.96. The first kappa shape index (κ1) is 27.4. The van der Waals surface area contributed by atoms with E-state index in [1.54, 1.807) is 63.0 Å². The molecular formula is C28H27BrN2O6S. The van der Waals surface area contributed by atoms with Gasteiger partial charge in [-0.3, -0.25) is 9.36 Å². The highest BCUT2D eigenvalue weighted by molar-refractivity contribution is 9.10. The zero-order chi connectivity index (χ0) is 27.4. The Bertz CT molecular complexity index is 1590. The minimum absolute atomic E-state index is 0.207. The largest absolute Gasteiger partial charge is 0.497 e. The molecule has 1 atom stereocenters. The van der Waals surface area contributed by atoms with Crippen LogP contribution in [-0.4, -0.2) is 38.0 Å². The Morgan fingerprint density at radius 3 is 2.58 bits per heavy atom. The van der Waals surface area contributed by atoms with Crippen LogP contribution in [0.5, 0.6) is 17.2 Å². The van der Waals surface area contributed by atoms with Crippen molar-refractivity contribution in [2.75, 3.05) is 27.4 Å². The summed E-state index contributed by atoms with van der Waals surface area (Å²) in [6.45, 7) is 7.70. The van der Waals surface area contributed by atoms with Crippen molar-refractivity contribution >= 4 is 39.3 Å².